The van der Waals surface area contributed by atoms with Crippen LogP contribution in [0.3, 0.4) is 0 Å². The maximum Gasteiger partial charge on any atom is 0.306 e. The van der Waals surface area contributed by atoms with Gasteiger partial charge in [0.2, 0.25) is 0 Å². The Morgan fingerprint density at radius 2 is 1.15 bits per heavy atom. The van der Waals surface area contributed by atoms with Gasteiger partial charge in [-0.3, -0.25) is 9.59 Å². The van der Waals surface area contributed by atoms with Crippen molar-refractivity contribution >= 4 is 23.1 Å². The molecule has 0 fully saturated rings. The van der Waals surface area contributed by atoms with Gasteiger partial charge in [0.05, 0.1) is 24.7 Å². The average molecular weight is 308 g/mol. The highest BCUT2D eigenvalue weighted by Gasteiger charge is 2.08. The normalized spacial score (nSPS) is 10.3. The zero-order valence-corrected chi connectivity index (χ0v) is 14.2. The van der Waals surface area contributed by atoms with Crippen LogP contribution in [0, 0.1) is 0 Å². The summed E-state index contributed by atoms with van der Waals surface area (Å²) < 4.78 is 19.5. The number of carbonyl (C=O) groups is 2. The van der Waals surface area contributed by atoms with Crippen molar-refractivity contribution in [1.82, 2.24) is 0 Å². The van der Waals surface area contributed by atoms with Gasteiger partial charge in [0.1, 0.15) is 0 Å². The fourth-order valence-electron chi connectivity index (χ4n) is 1.18. The molecule has 0 aliphatic rings. The van der Waals surface area contributed by atoms with Crippen molar-refractivity contribution in [3.05, 3.63) is 0 Å². The number of hydrogen-bond donors (Lipinski definition) is 0. The molecule has 0 heterocycles. The quantitative estimate of drug-likeness (QED) is 0.410. The third-order valence-corrected chi connectivity index (χ3v) is 1.75. The van der Waals surface area contributed by atoms with Crippen LogP contribution in [0.2, 0.25) is 0 Å². The SMILES string of the molecule is CC(C)OC(=O)CCCCC(=O)OC(C)C.C[S+](C)[O-]. The van der Waals surface area contributed by atoms with Crippen molar-refractivity contribution in [3.63, 3.8) is 0 Å². The van der Waals surface area contributed by atoms with E-state index in [1.807, 2.05) is 27.7 Å². The first kappa shape index (κ1) is 21.5. The minimum absolute atomic E-state index is 0.0709. The van der Waals surface area contributed by atoms with E-state index in [1.165, 1.54) is 0 Å². The highest BCUT2D eigenvalue weighted by atomic mass is 32.2. The molecule has 0 aromatic carbocycles. The molecule has 0 saturated carbocycles. The second kappa shape index (κ2) is 13.2. The van der Waals surface area contributed by atoms with E-state index in [9.17, 15) is 14.1 Å². The van der Waals surface area contributed by atoms with Gasteiger partial charge < -0.3 is 14.0 Å². The van der Waals surface area contributed by atoms with Gasteiger partial charge in [-0.05, 0) is 40.5 Å². The molecule has 5 nitrogen and oxygen atoms in total. The molecule has 0 atom stereocenters. The van der Waals surface area contributed by atoms with Gasteiger partial charge in [0, 0.05) is 12.8 Å². The number of rotatable bonds is 7. The summed E-state index contributed by atoms with van der Waals surface area (Å²) in [5.41, 5.74) is 0. The molecule has 0 aliphatic carbocycles. The maximum absolute atomic E-state index is 11.1. The Bertz CT molecular complexity index is 238. The average Bonchev–Trinajstić information content (AvgIpc) is 2.21. The molecule has 0 aromatic heterocycles. The lowest BCUT2D eigenvalue weighted by atomic mass is 10.2. The van der Waals surface area contributed by atoms with Crippen LogP contribution in [0.15, 0.2) is 0 Å². The third kappa shape index (κ3) is 22.4. The van der Waals surface area contributed by atoms with Crippen molar-refractivity contribution in [2.24, 2.45) is 0 Å². The Kier molecular flexibility index (Phi) is 14.3. The van der Waals surface area contributed by atoms with Crippen LogP contribution in [0.4, 0.5) is 0 Å². The highest BCUT2D eigenvalue weighted by molar-refractivity contribution is 7.89. The molecule has 0 unspecified atom stereocenters. The summed E-state index contributed by atoms with van der Waals surface area (Å²) in [5.74, 6) is -0.403. The molecule has 0 N–H and O–H groups in total. The first-order valence-electron chi connectivity index (χ1n) is 6.79. The van der Waals surface area contributed by atoms with Gasteiger partial charge >= 0.3 is 11.9 Å². The van der Waals surface area contributed by atoms with Crippen molar-refractivity contribution in [1.29, 1.82) is 0 Å². The molecular formula is C14H28O5S. The zero-order valence-electron chi connectivity index (χ0n) is 13.4. The van der Waals surface area contributed by atoms with Crippen LogP contribution in [-0.2, 0) is 30.2 Å². The molecule has 6 heteroatoms. The minimum Gasteiger partial charge on any atom is -0.617 e. The summed E-state index contributed by atoms with van der Waals surface area (Å²) in [6.45, 7) is 7.27. The number of ether oxygens (including phenoxy) is 2. The summed E-state index contributed by atoms with van der Waals surface area (Å²) in [6, 6.07) is 0. The van der Waals surface area contributed by atoms with Gasteiger partial charge in [0.25, 0.3) is 0 Å². The summed E-state index contributed by atoms with van der Waals surface area (Å²) in [7, 11) is 0. The zero-order chi connectivity index (χ0) is 16.1. The number of carbonyl (C=O) groups excluding carboxylic acids is 2. The minimum atomic E-state index is -0.611. The summed E-state index contributed by atoms with van der Waals surface area (Å²) >= 11 is -0.611. The van der Waals surface area contributed by atoms with Gasteiger partial charge in [-0.25, -0.2) is 0 Å². The van der Waals surface area contributed by atoms with Gasteiger partial charge in [-0.1, -0.05) is 11.2 Å². The number of unbranched alkanes of at least 4 members (excludes halogenated alkanes) is 1. The lowest BCUT2D eigenvalue weighted by molar-refractivity contribution is -0.149. The van der Waals surface area contributed by atoms with Crippen molar-refractivity contribution in [2.45, 2.75) is 65.6 Å². The molecule has 0 rings (SSSR count). The molecule has 0 aliphatic heterocycles. The maximum atomic E-state index is 11.1. The first-order valence-corrected chi connectivity index (χ1v) is 8.75. The van der Waals surface area contributed by atoms with E-state index in [0.29, 0.717) is 25.7 Å². The van der Waals surface area contributed by atoms with Crippen LogP contribution in [0.25, 0.3) is 0 Å². The molecule has 0 amide bonds. The Labute approximate surface area is 125 Å². The predicted octanol–water partition coefficient (Wildman–Crippen LogP) is 2.44. The van der Waals surface area contributed by atoms with Crippen molar-refractivity contribution < 1.29 is 23.6 Å². The number of hydrogen-bond acceptors (Lipinski definition) is 5. The topological polar surface area (TPSA) is 75.7 Å². The molecule has 0 saturated heterocycles. The Hall–Kier alpha value is -0.750. The van der Waals surface area contributed by atoms with Crippen LogP contribution in [0.5, 0.6) is 0 Å². The van der Waals surface area contributed by atoms with E-state index in [-0.39, 0.29) is 24.1 Å². The van der Waals surface area contributed by atoms with Crippen LogP contribution >= 0.6 is 0 Å². The molecule has 20 heavy (non-hydrogen) atoms. The van der Waals surface area contributed by atoms with Crippen molar-refractivity contribution in [2.75, 3.05) is 12.5 Å². The lowest BCUT2D eigenvalue weighted by Gasteiger charge is -2.08. The lowest BCUT2D eigenvalue weighted by Crippen LogP contribution is -2.12. The van der Waals surface area contributed by atoms with E-state index < -0.39 is 11.2 Å². The molecular weight excluding hydrogens is 280 g/mol. The standard InChI is InChI=1S/C12H22O4.C2H6OS/c1-9(2)15-11(13)7-5-6-8-12(14)16-10(3)4;1-4(2)3/h9-10H,5-8H2,1-4H3;1-2H3. The molecule has 0 radical (unpaired) electrons. The van der Waals surface area contributed by atoms with Gasteiger partial charge in [-0.2, -0.15) is 0 Å². The molecule has 0 bridgehead atoms. The summed E-state index contributed by atoms with van der Waals surface area (Å²) in [5, 5.41) is 0. The molecule has 120 valence electrons. The van der Waals surface area contributed by atoms with Crippen molar-refractivity contribution in [3.8, 4) is 0 Å². The van der Waals surface area contributed by atoms with E-state index in [2.05, 4.69) is 0 Å². The van der Waals surface area contributed by atoms with E-state index in [4.69, 9.17) is 9.47 Å². The summed E-state index contributed by atoms with van der Waals surface area (Å²) in [4.78, 5) is 22.3. The van der Waals surface area contributed by atoms with Gasteiger partial charge in [0.15, 0.2) is 0 Å². The van der Waals surface area contributed by atoms with Crippen LogP contribution in [0.1, 0.15) is 53.4 Å². The van der Waals surface area contributed by atoms with E-state index in [0.717, 1.165) is 0 Å². The fourth-order valence-corrected chi connectivity index (χ4v) is 1.18. The predicted molar refractivity (Wildman–Crippen MR) is 80.9 cm³/mol. The smallest absolute Gasteiger partial charge is 0.306 e. The highest BCUT2D eigenvalue weighted by Crippen LogP contribution is 2.05. The Morgan fingerprint density at radius 3 is 1.35 bits per heavy atom. The first-order chi connectivity index (χ1) is 9.15. The Balaban J connectivity index is 0. The fraction of sp³-hybridized carbons (Fsp3) is 0.857. The second-order valence-corrected chi connectivity index (χ2v) is 6.51. The molecule has 0 spiro atoms. The van der Waals surface area contributed by atoms with Crippen LogP contribution < -0.4 is 0 Å². The van der Waals surface area contributed by atoms with E-state index >= 15 is 0 Å². The monoisotopic (exact) mass is 308 g/mol. The third-order valence-electron chi connectivity index (χ3n) is 1.75. The summed E-state index contributed by atoms with van der Waals surface area (Å²) in [6.07, 6.45) is 5.20. The van der Waals surface area contributed by atoms with Crippen LogP contribution in [-0.4, -0.2) is 41.2 Å². The molecule has 0 aromatic rings. The van der Waals surface area contributed by atoms with Gasteiger partial charge in [-0.15, -0.1) is 0 Å². The second-order valence-electron chi connectivity index (χ2n) is 5.03. The largest absolute Gasteiger partial charge is 0.617 e. The number of esters is 2. The Morgan fingerprint density at radius 1 is 0.900 bits per heavy atom. The van der Waals surface area contributed by atoms with E-state index in [1.54, 1.807) is 12.5 Å².